The van der Waals surface area contributed by atoms with Crippen LogP contribution in [0.2, 0.25) is 0 Å². The number of imidazole rings is 1. The second kappa shape index (κ2) is 5.31. The summed E-state index contributed by atoms with van der Waals surface area (Å²) in [5.74, 6) is 0.726. The Hall–Kier alpha value is -2.37. The van der Waals surface area contributed by atoms with Crippen LogP contribution < -0.4 is 5.32 Å². The van der Waals surface area contributed by atoms with Crippen LogP contribution in [0.1, 0.15) is 16.3 Å². The highest BCUT2D eigenvalue weighted by Gasteiger charge is 2.09. The predicted molar refractivity (Wildman–Crippen MR) is 68.2 cm³/mol. The first-order chi connectivity index (χ1) is 8.66. The third-order valence-corrected chi connectivity index (χ3v) is 2.40. The molecular formula is C12H15N5O. The van der Waals surface area contributed by atoms with Gasteiger partial charge in [0.25, 0.3) is 5.91 Å². The van der Waals surface area contributed by atoms with E-state index < -0.39 is 0 Å². The largest absolute Gasteiger partial charge is 0.378 e. The molecule has 2 aromatic heterocycles. The molecule has 0 fully saturated rings. The van der Waals surface area contributed by atoms with E-state index in [1.807, 2.05) is 6.07 Å². The summed E-state index contributed by atoms with van der Waals surface area (Å²) < 4.78 is 0. The Labute approximate surface area is 105 Å². The molecule has 6 nitrogen and oxygen atoms in total. The van der Waals surface area contributed by atoms with Crippen molar-refractivity contribution >= 4 is 11.6 Å². The number of rotatable bonds is 4. The second-order valence-corrected chi connectivity index (χ2v) is 4.02. The molecule has 0 unspecified atom stereocenters. The van der Waals surface area contributed by atoms with Gasteiger partial charge in [0.1, 0.15) is 11.5 Å². The van der Waals surface area contributed by atoms with Gasteiger partial charge in [0, 0.05) is 38.4 Å². The quantitative estimate of drug-likeness (QED) is 0.846. The Morgan fingerprint density at radius 1 is 1.39 bits per heavy atom. The Morgan fingerprint density at radius 3 is 2.89 bits per heavy atom. The number of pyridine rings is 1. The van der Waals surface area contributed by atoms with Crippen LogP contribution in [0.4, 0.5) is 5.69 Å². The number of carbonyl (C=O) groups excluding carboxylic acids is 1. The van der Waals surface area contributed by atoms with Crippen molar-refractivity contribution in [2.45, 2.75) is 6.54 Å². The van der Waals surface area contributed by atoms with Gasteiger partial charge < -0.3 is 15.2 Å². The second-order valence-electron chi connectivity index (χ2n) is 4.02. The molecule has 2 rings (SSSR count). The number of aromatic amines is 1. The van der Waals surface area contributed by atoms with Gasteiger partial charge in [0.15, 0.2) is 0 Å². The number of H-pyrrole nitrogens is 1. The van der Waals surface area contributed by atoms with Gasteiger partial charge in [0.05, 0.1) is 6.54 Å². The molecule has 0 atom stereocenters. The number of hydrogen-bond acceptors (Lipinski definition) is 4. The molecule has 0 aliphatic heterocycles. The Balaban J connectivity index is 2.05. The summed E-state index contributed by atoms with van der Waals surface area (Å²) in [5, 5.41) is 3.18. The fourth-order valence-corrected chi connectivity index (χ4v) is 1.47. The molecule has 0 saturated heterocycles. The van der Waals surface area contributed by atoms with Crippen molar-refractivity contribution in [3.63, 3.8) is 0 Å². The van der Waals surface area contributed by atoms with E-state index in [2.05, 4.69) is 20.3 Å². The third-order valence-electron chi connectivity index (χ3n) is 2.40. The van der Waals surface area contributed by atoms with Crippen molar-refractivity contribution < 1.29 is 4.79 Å². The van der Waals surface area contributed by atoms with Crippen LogP contribution in [0.15, 0.2) is 30.7 Å². The first kappa shape index (κ1) is 12.1. The van der Waals surface area contributed by atoms with E-state index in [4.69, 9.17) is 0 Å². The van der Waals surface area contributed by atoms with Crippen LogP contribution in [-0.2, 0) is 6.54 Å². The van der Waals surface area contributed by atoms with Crippen LogP contribution in [0.5, 0.6) is 0 Å². The SMILES string of the molecule is CN(C)C(=O)c1cc(NCc2ncc[nH]2)ccn1. The Bertz CT molecular complexity index is 521. The van der Waals surface area contributed by atoms with E-state index in [0.29, 0.717) is 12.2 Å². The molecule has 18 heavy (non-hydrogen) atoms. The normalized spacial score (nSPS) is 10.1. The minimum absolute atomic E-state index is 0.114. The Kier molecular flexibility index (Phi) is 3.57. The average molecular weight is 245 g/mol. The summed E-state index contributed by atoms with van der Waals surface area (Å²) in [5.41, 5.74) is 1.26. The number of aromatic nitrogens is 3. The minimum Gasteiger partial charge on any atom is -0.378 e. The zero-order valence-corrected chi connectivity index (χ0v) is 10.3. The van der Waals surface area contributed by atoms with Crippen molar-refractivity contribution in [3.05, 3.63) is 42.2 Å². The van der Waals surface area contributed by atoms with E-state index in [0.717, 1.165) is 11.5 Å². The molecule has 94 valence electrons. The summed E-state index contributed by atoms with van der Waals surface area (Å²) in [6, 6.07) is 3.54. The van der Waals surface area contributed by atoms with Crippen LogP contribution in [0, 0.1) is 0 Å². The molecule has 0 aliphatic rings. The maximum Gasteiger partial charge on any atom is 0.272 e. The van der Waals surface area contributed by atoms with Crippen LogP contribution in [-0.4, -0.2) is 39.9 Å². The molecule has 0 aromatic carbocycles. The van der Waals surface area contributed by atoms with E-state index in [9.17, 15) is 4.79 Å². The lowest BCUT2D eigenvalue weighted by Gasteiger charge is -2.10. The predicted octanol–water partition coefficient (Wildman–Crippen LogP) is 1.12. The fourth-order valence-electron chi connectivity index (χ4n) is 1.47. The standard InChI is InChI=1S/C12H15N5O/c1-17(2)12(18)10-7-9(3-4-13-10)16-8-11-14-5-6-15-11/h3-7H,8H2,1-2H3,(H,13,16)(H,14,15). The van der Waals surface area contributed by atoms with E-state index in [1.54, 1.807) is 38.8 Å². The number of amides is 1. The maximum atomic E-state index is 11.7. The number of hydrogen-bond donors (Lipinski definition) is 2. The number of nitrogens with zero attached hydrogens (tertiary/aromatic N) is 3. The molecule has 2 N–H and O–H groups in total. The molecule has 6 heteroatoms. The van der Waals surface area contributed by atoms with E-state index in [1.165, 1.54) is 4.90 Å². The first-order valence-corrected chi connectivity index (χ1v) is 5.56. The summed E-state index contributed by atoms with van der Waals surface area (Å²) in [6.07, 6.45) is 5.08. The molecule has 0 saturated carbocycles. The fraction of sp³-hybridized carbons (Fsp3) is 0.250. The van der Waals surface area contributed by atoms with Gasteiger partial charge in [-0.1, -0.05) is 0 Å². The van der Waals surface area contributed by atoms with Crippen molar-refractivity contribution in [3.8, 4) is 0 Å². The molecule has 0 radical (unpaired) electrons. The monoisotopic (exact) mass is 245 g/mol. The van der Waals surface area contributed by atoms with E-state index in [-0.39, 0.29) is 5.91 Å². The van der Waals surface area contributed by atoms with Crippen molar-refractivity contribution in [2.24, 2.45) is 0 Å². The van der Waals surface area contributed by atoms with Crippen LogP contribution in [0.25, 0.3) is 0 Å². The van der Waals surface area contributed by atoms with Gasteiger partial charge in [-0.2, -0.15) is 0 Å². The molecule has 1 amide bonds. The maximum absolute atomic E-state index is 11.7. The highest BCUT2D eigenvalue weighted by molar-refractivity contribution is 5.92. The number of anilines is 1. The third kappa shape index (κ3) is 2.85. The summed E-state index contributed by atoms with van der Waals surface area (Å²) in [6.45, 7) is 0.576. The number of carbonyl (C=O) groups is 1. The minimum atomic E-state index is -0.114. The van der Waals surface area contributed by atoms with Crippen LogP contribution in [0.3, 0.4) is 0 Å². The van der Waals surface area contributed by atoms with E-state index >= 15 is 0 Å². The van der Waals surface area contributed by atoms with Gasteiger partial charge in [-0.15, -0.1) is 0 Å². The molecule has 2 heterocycles. The van der Waals surface area contributed by atoms with Crippen molar-refractivity contribution in [1.29, 1.82) is 0 Å². The summed E-state index contributed by atoms with van der Waals surface area (Å²) >= 11 is 0. The average Bonchev–Trinajstić information content (AvgIpc) is 2.89. The molecule has 0 aliphatic carbocycles. The zero-order valence-electron chi connectivity index (χ0n) is 10.3. The van der Waals surface area contributed by atoms with Crippen molar-refractivity contribution in [2.75, 3.05) is 19.4 Å². The lowest BCUT2D eigenvalue weighted by molar-refractivity contribution is 0.0822. The molecule has 0 bridgehead atoms. The van der Waals surface area contributed by atoms with Crippen LogP contribution >= 0.6 is 0 Å². The first-order valence-electron chi connectivity index (χ1n) is 5.56. The highest BCUT2D eigenvalue weighted by Crippen LogP contribution is 2.10. The Morgan fingerprint density at radius 2 is 2.22 bits per heavy atom. The van der Waals surface area contributed by atoms with Crippen molar-refractivity contribution in [1.82, 2.24) is 19.9 Å². The van der Waals surface area contributed by atoms with Gasteiger partial charge >= 0.3 is 0 Å². The molecular weight excluding hydrogens is 230 g/mol. The zero-order chi connectivity index (χ0) is 13.0. The molecule has 2 aromatic rings. The highest BCUT2D eigenvalue weighted by atomic mass is 16.2. The van der Waals surface area contributed by atoms with Gasteiger partial charge in [-0.3, -0.25) is 9.78 Å². The number of nitrogens with one attached hydrogen (secondary N) is 2. The van der Waals surface area contributed by atoms with Gasteiger partial charge in [0.2, 0.25) is 0 Å². The molecule has 0 spiro atoms. The summed E-state index contributed by atoms with van der Waals surface area (Å²) in [7, 11) is 3.40. The smallest absolute Gasteiger partial charge is 0.272 e. The lowest BCUT2D eigenvalue weighted by Crippen LogP contribution is -2.22. The topological polar surface area (TPSA) is 73.9 Å². The van der Waals surface area contributed by atoms with Gasteiger partial charge in [-0.05, 0) is 12.1 Å². The lowest BCUT2D eigenvalue weighted by atomic mass is 10.3. The summed E-state index contributed by atoms with van der Waals surface area (Å²) in [4.78, 5) is 24.4. The van der Waals surface area contributed by atoms with Gasteiger partial charge in [-0.25, -0.2) is 4.98 Å².